The lowest BCUT2D eigenvalue weighted by molar-refractivity contribution is 0.174. The first kappa shape index (κ1) is 13.2. The third-order valence-corrected chi connectivity index (χ3v) is 4.01. The Labute approximate surface area is 127 Å². The quantitative estimate of drug-likeness (QED) is 0.849. The molecule has 0 unspecified atom stereocenters. The van der Waals surface area contributed by atoms with E-state index in [4.69, 9.17) is 15.2 Å². The van der Waals surface area contributed by atoms with Crippen LogP contribution in [-0.4, -0.2) is 53.1 Å². The zero-order chi connectivity index (χ0) is 14.9. The molecule has 8 nitrogen and oxygen atoms in total. The third kappa shape index (κ3) is 2.52. The average molecular weight is 302 g/mol. The second-order valence-electron chi connectivity index (χ2n) is 5.47. The van der Waals surface area contributed by atoms with Crippen LogP contribution in [0.5, 0.6) is 11.5 Å². The van der Waals surface area contributed by atoms with Gasteiger partial charge < -0.3 is 20.1 Å². The monoisotopic (exact) mass is 302 g/mol. The number of H-pyrrole nitrogens is 1. The third-order valence-electron chi connectivity index (χ3n) is 4.01. The van der Waals surface area contributed by atoms with E-state index in [9.17, 15) is 0 Å². The smallest absolute Gasteiger partial charge is 0.241 e. The molecular formula is C14H18N6O2. The Morgan fingerprint density at radius 3 is 2.73 bits per heavy atom. The van der Waals surface area contributed by atoms with Gasteiger partial charge in [-0.15, -0.1) is 5.10 Å². The number of nitrogen functional groups attached to an aromatic ring is 1. The maximum Gasteiger partial charge on any atom is 0.241 e. The average Bonchev–Trinajstić information content (AvgIpc) is 3.16. The highest BCUT2D eigenvalue weighted by Crippen LogP contribution is 2.32. The SMILES string of the molecule is Nc1n[nH]c(N2CCN(Cc3ccc4c(c3)OCO4)CC2)n1. The number of anilines is 2. The number of fused-ring (bicyclic) bond motifs is 1. The van der Waals surface area contributed by atoms with Crippen molar-refractivity contribution in [1.29, 1.82) is 0 Å². The van der Waals surface area contributed by atoms with Crippen LogP contribution in [0.2, 0.25) is 0 Å². The van der Waals surface area contributed by atoms with Crippen LogP contribution in [0.4, 0.5) is 11.9 Å². The first-order chi connectivity index (χ1) is 10.8. The topological polar surface area (TPSA) is 92.5 Å². The summed E-state index contributed by atoms with van der Waals surface area (Å²) in [5.41, 5.74) is 6.78. The minimum Gasteiger partial charge on any atom is -0.454 e. The van der Waals surface area contributed by atoms with Gasteiger partial charge in [-0.25, -0.2) is 5.10 Å². The van der Waals surface area contributed by atoms with E-state index in [2.05, 4.69) is 37.1 Å². The number of benzene rings is 1. The van der Waals surface area contributed by atoms with Crippen molar-refractivity contribution in [3.8, 4) is 11.5 Å². The van der Waals surface area contributed by atoms with Crippen molar-refractivity contribution in [3.05, 3.63) is 23.8 Å². The molecule has 0 amide bonds. The van der Waals surface area contributed by atoms with Crippen molar-refractivity contribution in [2.75, 3.05) is 43.6 Å². The first-order valence-electron chi connectivity index (χ1n) is 7.32. The van der Waals surface area contributed by atoms with Gasteiger partial charge in [0, 0.05) is 32.7 Å². The summed E-state index contributed by atoms with van der Waals surface area (Å²) in [6, 6.07) is 6.13. The van der Waals surface area contributed by atoms with Crippen LogP contribution in [0.15, 0.2) is 18.2 Å². The predicted octanol–water partition coefficient (Wildman–Crippen LogP) is 0.438. The lowest BCUT2D eigenvalue weighted by Crippen LogP contribution is -2.46. The maximum absolute atomic E-state index is 5.55. The molecule has 3 N–H and O–H groups in total. The number of ether oxygens (including phenoxy) is 2. The second-order valence-corrected chi connectivity index (χ2v) is 5.47. The molecule has 2 aliphatic heterocycles. The Kier molecular flexibility index (Phi) is 3.23. The van der Waals surface area contributed by atoms with Crippen LogP contribution in [-0.2, 0) is 6.54 Å². The molecule has 1 aromatic heterocycles. The van der Waals surface area contributed by atoms with Gasteiger partial charge in [-0.3, -0.25) is 4.90 Å². The van der Waals surface area contributed by atoms with E-state index >= 15 is 0 Å². The molecule has 1 aromatic carbocycles. The Morgan fingerprint density at radius 1 is 1.14 bits per heavy atom. The van der Waals surface area contributed by atoms with Gasteiger partial charge >= 0.3 is 0 Å². The molecule has 0 saturated carbocycles. The largest absolute Gasteiger partial charge is 0.454 e. The zero-order valence-electron chi connectivity index (χ0n) is 12.2. The lowest BCUT2D eigenvalue weighted by Gasteiger charge is -2.34. The number of aromatic nitrogens is 3. The number of nitrogens with zero attached hydrogens (tertiary/aromatic N) is 4. The highest BCUT2D eigenvalue weighted by Gasteiger charge is 2.20. The molecular weight excluding hydrogens is 284 g/mol. The van der Waals surface area contributed by atoms with Crippen molar-refractivity contribution in [2.24, 2.45) is 0 Å². The van der Waals surface area contributed by atoms with E-state index in [0.29, 0.717) is 6.79 Å². The summed E-state index contributed by atoms with van der Waals surface area (Å²) in [5.74, 6) is 2.71. The first-order valence-corrected chi connectivity index (χ1v) is 7.32. The molecule has 4 rings (SSSR count). The highest BCUT2D eigenvalue weighted by atomic mass is 16.7. The van der Waals surface area contributed by atoms with Gasteiger partial charge in [-0.2, -0.15) is 4.98 Å². The number of piperazine rings is 1. The highest BCUT2D eigenvalue weighted by molar-refractivity contribution is 5.44. The van der Waals surface area contributed by atoms with E-state index in [0.717, 1.165) is 50.2 Å². The molecule has 2 aromatic rings. The van der Waals surface area contributed by atoms with Gasteiger partial charge in [0.05, 0.1) is 0 Å². The van der Waals surface area contributed by atoms with Crippen molar-refractivity contribution < 1.29 is 9.47 Å². The Hall–Kier alpha value is -2.48. The molecule has 0 spiro atoms. The predicted molar refractivity (Wildman–Crippen MR) is 80.9 cm³/mol. The second kappa shape index (κ2) is 5.38. The molecule has 1 fully saturated rings. The van der Waals surface area contributed by atoms with Crippen LogP contribution in [0.3, 0.4) is 0 Å². The van der Waals surface area contributed by atoms with Gasteiger partial charge in [0.15, 0.2) is 11.5 Å². The van der Waals surface area contributed by atoms with Crippen LogP contribution < -0.4 is 20.1 Å². The van der Waals surface area contributed by atoms with Crippen LogP contribution in [0.1, 0.15) is 5.56 Å². The van der Waals surface area contributed by atoms with Crippen LogP contribution >= 0.6 is 0 Å². The van der Waals surface area contributed by atoms with Crippen LogP contribution in [0.25, 0.3) is 0 Å². The Balaban J connectivity index is 1.36. The summed E-state index contributed by atoms with van der Waals surface area (Å²) in [6.07, 6.45) is 0. The van der Waals surface area contributed by atoms with Gasteiger partial charge in [0.2, 0.25) is 18.7 Å². The molecule has 0 aliphatic carbocycles. The van der Waals surface area contributed by atoms with E-state index in [-0.39, 0.29) is 5.95 Å². The molecule has 2 aliphatic rings. The van der Waals surface area contributed by atoms with Gasteiger partial charge in [-0.05, 0) is 17.7 Å². The molecule has 3 heterocycles. The summed E-state index contributed by atoms with van der Waals surface area (Å²) in [7, 11) is 0. The van der Waals surface area contributed by atoms with Crippen molar-refractivity contribution >= 4 is 11.9 Å². The fraction of sp³-hybridized carbons (Fsp3) is 0.429. The maximum atomic E-state index is 5.55. The standard InChI is InChI=1S/C14H18N6O2/c15-13-16-14(18-17-13)20-5-3-19(4-6-20)8-10-1-2-11-12(7-10)22-9-21-11/h1-2,7H,3-6,8-9H2,(H3,15,16,17,18). The summed E-state index contributed by atoms with van der Waals surface area (Å²) in [4.78, 5) is 8.75. The number of aromatic amines is 1. The molecule has 1 saturated heterocycles. The zero-order valence-corrected chi connectivity index (χ0v) is 12.2. The fourth-order valence-electron chi connectivity index (χ4n) is 2.82. The minimum absolute atomic E-state index is 0.290. The molecule has 8 heteroatoms. The number of nitrogens with two attached hydrogens (primary N) is 1. The van der Waals surface area contributed by atoms with Gasteiger partial charge in [0.1, 0.15) is 0 Å². The summed E-state index contributed by atoms with van der Waals surface area (Å²) < 4.78 is 10.8. The molecule has 116 valence electrons. The Bertz CT molecular complexity index is 665. The van der Waals surface area contributed by atoms with Crippen molar-refractivity contribution in [1.82, 2.24) is 20.1 Å². The summed E-state index contributed by atoms with van der Waals surface area (Å²) in [5, 5.41) is 6.73. The molecule has 0 bridgehead atoms. The fourth-order valence-corrected chi connectivity index (χ4v) is 2.82. The lowest BCUT2D eigenvalue weighted by atomic mass is 10.1. The number of nitrogens with one attached hydrogen (secondary N) is 1. The minimum atomic E-state index is 0.290. The summed E-state index contributed by atoms with van der Waals surface area (Å²) >= 11 is 0. The van der Waals surface area contributed by atoms with Crippen molar-refractivity contribution in [2.45, 2.75) is 6.54 Å². The molecule has 0 atom stereocenters. The number of hydrogen-bond acceptors (Lipinski definition) is 7. The number of rotatable bonds is 3. The Morgan fingerprint density at radius 2 is 1.95 bits per heavy atom. The normalized spacial score (nSPS) is 17.9. The van der Waals surface area contributed by atoms with E-state index in [1.165, 1.54) is 5.56 Å². The van der Waals surface area contributed by atoms with E-state index in [1.54, 1.807) is 0 Å². The van der Waals surface area contributed by atoms with E-state index in [1.807, 2.05) is 6.07 Å². The molecule has 22 heavy (non-hydrogen) atoms. The molecule has 0 radical (unpaired) electrons. The van der Waals surface area contributed by atoms with Gasteiger partial charge in [0.25, 0.3) is 0 Å². The van der Waals surface area contributed by atoms with Crippen molar-refractivity contribution in [3.63, 3.8) is 0 Å². The summed E-state index contributed by atoms with van der Waals surface area (Å²) in [6.45, 7) is 4.96. The number of hydrogen-bond donors (Lipinski definition) is 2. The van der Waals surface area contributed by atoms with Crippen LogP contribution in [0, 0.1) is 0 Å². The van der Waals surface area contributed by atoms with E-state index < -0.39 is 0 Å². The van der Waals surface area contributed by atoms with Gasteiger partial charge in [-0.1, -0.05) is 6.07 Å².